The molecular weight excluding hydrogens is 480 g/mol. The van der Waals surface area contributed by atoms with Crippen molar-refractivity contribution in [3.05, 3.63) is 45.1 Å². The van der Waals surface area contributed by atoms with Crippen LogP contribution < -0.4 is 21.3 Å². The first kappa shape index (κ1) is 25.7. The molecule has 1 aromatic heterocycles. The van der Waals surface area contributed by atoms with Gasteiger partial charge >= 0.3 is 0 Å². The second kappa shape index (κ2) is 11.5. The molecule has 2 atom stereocenters. The number of benzene rings is 1. The Hall–Kier alpha value is -2.95. The van der Waals surface area contributed by atoms with Crippen LogP contribution in [-0.4, -0.2) is 49.4 Å². The topological polar surface area (TPSA) is 131 Å². The highest BCUT2D eigenvalue weighted by Gasteiger charge is 2.24. The standard InChI is InChI=1S/C23H27ClN4O5S/c1-13-9-15(3-4-17(13)28-7-8-33-12-21(28)30)26-20(29)11-16(10-14(2)22(25)31)27-23(32)18-5-6-19(24)34-18/h3-6,9,14,16H,7-8,10-12H2,1-2H3,(H2,25,31)(H,26,29)(H,27,32). The lowest BCUT2D eigenvalue weighted by atomic mass is 9.98. The van der Waals surface area contributed by atoms with E-state index >= 15 is 0 Å². The third-order valence-corrected chi connectivity index (χ3v) is 6.67. The molecule has 0 saturated carbocycles. The minimum Gasteiger partial charge on any atom is -0.370 e. The molecule has 1 fully saturated rings. The van der Waals surface area contributed by atoms with E-state index in [4.69, 9.17) is 22.1 Å². The van der Waals surface area contributed by atoms with Gasteiger partial charge in [0.1, 0.15) is 6.61 Å². The average molecular weight is 507 g/mol. The number of carbonyl (C=O) groups excluding carboxylic acids is 4. The number of amides is 4. The number of carbonyl (C=O) groups is 4. The molecule has 11 heteroatoms. The SMILES string of the molecule is Cc1cc(NC(=O)CC(CC(C)C(N)=O)NC(=O)c2ccc(Cl)s2)ccc1N1CCOCC1=O. The van der Waals surface area contributed by atoms with Crippen LogP contribution in [0.1, 0.15) is 35.0 Å². The van der Waals surface area contributed by atoms with Gasteiger partial charge in [-0.2, -0.15) is 0 Å². The summed E-state index contributed by atoms with van der Waals surface area (Å²) in [5.41, 5.74) is 7.54. The molecule has 1 aromatic carbocycles. The van der Waals surface area contributed by atoms with Crippen molar-refractivity contribution >= 4 is 57.9 Å². The molecule has 2 aromatic rings. The number of thiophene rings is 1. The molecule has 2 unspecified atom stereocenters. The summed E-state index contributed by atoms with van der Waals surface area (Å²) < 4.78 is 5.65. The maximum atomic E-state index is 12.8. The Labute approximate surface area is 206 Å². The van der Waals surface area contributed by atoms with E-state index in [9.17, 15) is 19.2 Å². The summed E-state index contributed by atoms with van der Waals surface area (Å²) in [5.74, 6) is -1.86. The molecule has 3 rings (SSSR count). The molecule has 2 heterocycles. The van der Waals surface area contributed by atoms with Crippen molar-refractivity contribution in [1.82, 2.24) is 5.32 Å². The molecule has 1 saturated heterocycles. The molecule has 0 radical (unpaired) electrons. The van der Waals surface area contributed by atoms with Gasteiger partial charge in [-0.05, 0) is 49.2 Å². The van der Waals surface area contributed by atoms with E-state index in [-0.39, 0.29) is 37.2 Å². The second-order valence-corrected chi connectivity index (χ2v) is 9.88. The molecule has 34 heavy (non-hydrogen) atoms. The largest absolute Gasteiger partial charge is 0.370 e. The third-order valence-electron chi connectivity index (χ3n) is 5.44. The first-order valence-corrected chi connectivity index (χ1v) is 12.0. The Morgan fingerprint density at radius 2 is 2.03 bits per heavy atom. The number of aryl methyl sites for hydroxylation is 1. The Morgan fingerprint density at radius 1 is 1.26 bits per heavy atom. The number of ether oxygens (including phenoxy) is 1. The average Bonchev–Trinajstić information content (AvgIpc) is 3.21. The molecule has 4 amide bonds. The third kappa shape index (κ3) is 6.78. The Morgan fingerprint density at radius 3 is 2.65 bits per heavy atom. The summed E-state index contributed by atoms with van der Waals surface area (Å²) in [5, 5.41) is 5.63. The van der Waals surface area contributed by atoms with Gasteiger partial charge in [0, 0.05) is 36.3 Å². The van der Waals surface area contributed by atoms with Gasteiger partial charge in [-0.25, -0.2) is 0 Å². The van der Waals surface area contributed by atoms with E-state index < -0.39 is 17.9 Å². The molecule has 182 valence electrons. The van der Waals surface area contributed by atoms with E-state index in [0.717, 1.165) is 22.6 Å². The van der Waals surface area contributed by atoms with Crippen LogP contribution in [0.5, 0.6) is 0 Å². The summed E-state index contributed by atoms with van der Waals surface area (Å²) in [6, 6.07) is 7.89. The second-order valence-electron chi connectivity index (χ2n) is 8.16. The highest BCUT2D eigenvalue weighted by atomic mass is 35.5. The molecule has 1 aliphatic heterocycles. The van der Waals surface area contributed by atoms with Crippen LogP contribution in [0.3, 0.4) is 0 Å². The Balaban J connectivity index is 1.67. The summed E-state index contributed by atoms with van der Waals surface area (Å²) >= 11 is 7.03. The quantitative estimate of drug-likeness (QED) is 0.481. The zero-order valence-corrected chi connectivity index (χ0v) is 20.5. The number of hydrogen-bond acceptors (Lipinski definition) is 6. The van der Waals surface area contributed by atoms with Crippen molar-refractivity contribution in [2.45, 2.75) is 32.7 Å². The highest BCUT2D eigenvalue weighted by Crippen LogP contribution is 2.25. The molecule has 0 aliphatic carbocycles. The molecule has 0 bridgehead atoms. The van der Waals surface area contributed by atoms with Gasteiger partial charge in [0.25, 0.3) is 11.8 Å². The number of rotatable bonds is 9. The zero-order chi connectivity index (χ0) is 24.8. The van der Waals surface area contributed by atoms with Gasteiger partial charge in [0.2, 0.25) is 11.8 Å². The maximum Gasteiger partial charge on any atom is 0.261 e. The lowest BCUT2D eigenvalue weighted by Crippen LogP contribution is -2.42. The number of primary amides is 1. The molecule has 9 nitrogen and oxygen atoms in total. The first-order valence-electron chi connectivity index (χ1n) is 10.8. The summed E-state index contributed by atoms with van der Waals surface area (Å²) in [7, 11) is 0. The van der Waals surface area contributed by atoms with Crippen molar-refractivity contribution in [3.8, 4) is 0 Å². The van der Waals surface area contributed by atoms with E-state index in [1.807, 2.05) is 6.92 Å². The Bertz CT molecular complexity index is 1090. The van der Waals surface area contributed by atoms with Gasteiger partial charge in [-0.15, -0.1) is 11.3 Å². The van der Waals surface area contributed by atoms with Gasteiger partial charge in [0.15, 0.2) is 0 Å². The van der Waals surface area contributed by atoms with Crippen molar-refractivity contribution in [2.24, 2.45) is 11.7 Å². The van der Waals surface area contributed by atoms with Crippen LogP contribution >= 0.6 is 22.9 Å². The summed E-state index contributed by atoms with van der Waals surface area (Å²) in [6.45, 7) is 4.50. The number of nitrogens with zero attached hydrogens (tertiary/aromatic N) is 1. The predicted molar refractivity (Wildman–Crippen MR) is 131 cm³/mol. The van der Waals surface area contributed by atoms with Gasteiger partial charge in [-0.3, -0.25) is 19.2 Å². The number of halogens is 1. The lowest BCUT2D eigenvalue weighted by molar-refractivity contribution is -0.125. The molecular formula is C23H27ClN4O5S. The summed E-state index contributed by atoms with van der Waals surface area (Å²) in [4.78, 5) is 51.1. The fourth-order valence-electron chi connectivity index (χ4n) is 3.67. The van der Waals surface area contributed by atoms with E-state index in [1.165, 1.54) is 0 Å². The van der Waals surface area contributed by atoms with Crippen molar-refractivity contribution in [2.75, 3.05) is 30.0 Å². The fourth-order valence-corrected chi connectivity index (χ4v) is 4.62. The van der Waals surface area contributed by atoms with Crippen LogP contribution in [0.2, 0.25) is 4.34 Å². The van der Waals surface area contributed by atoms with Crippen LogP contribution in [0, 0.1) is 12.8 Å². The zero-order valence-electron chi connectivity index (χ0n) is 18.9. The van der Waals surface area contributed by atoms with Crippen LogP contribution in [-0.2, 0) is 19.1 Å². The van der Waals surface area contributed by atoms with Gasteiger partial charge in [-0.1, -0.05) is 18.5 Å². The van der Waals surface area contributed by atoms with Gasteiger partial charge < -0.3 is 26.0 Å². The van der Waals surface area contributed by atoms with Crippen molar-refractivity contribution in [1.29, 1.82) is 0 Å². The van der Waals surface area contributed by atoms with E-state index in [0.29, 0.717) is 28.1 Å². The van der Waals surface area contributed by atoms with Gasteiger partial charge in [0.05, 0.1) is 15.8 Å². The minimum atomic E-state index is -0.609. The number of nitrogens with one attached hydrogen (secondary N) is 2. The lowest BCUT2D eigenvalue weighted by Gasteiger charge is -2.28. The van der Waals surface area contributed by atoms with Crippen LogP contribution in [0.15, 0.2) is 30.3 Å². The highest BCUT2D eigenvalue weighted by molar-refractivity contribution is 7.18. The van der Waals surface area contributed by atoms with Crippen molar-refractivity contribution < 1.29 is 23.9 Å². The number of morpholine rings is 1. The van der Waals surface area contributed by atoms with E-state index in [2.05, 4.69) is 10.6 Å². The first-order chi connectivity index (χ1) is 16.1. The van der Waals surface area contributed by atoms with Crippen molar-refractivity contribution in [3.63, 3.8) is 0 Å². The van der Waals surface area contributed by atoms with E-state index in [1.54, 1.807) is 42.2 Å². The van der Waals surface area contributed by atoms with Crippen LogP contribution in [0.25, 0.3) is 0 Å². The Kier molecular flexibility index (Phi) is 8.65. The maximum absolute atomic E-state index is 12.8. The smallest absolute Gasteiger partial charge is 0.261 e. The predicted octanol–water partition coefficient (Wildman–Crippen LogP) is 2.71. The molecule has 0 spiro atoms. The fraction of sp³-hybridized carbons (Fsp3) is 0.391. The molecule has 4 N–H and O–H groups in total. The summed E-state index contributed by atoms with van der Waals surface area (Å²) in [6.07, 6.45) is 0.163. The number of hydrogen-bond donors (Lipinski definition) is 3. The number of anilines is 2. The normalized spacial score (nSPS) is 15.5. The van der Waals surface area contributed by atoms with Crippen LogP contribution in [0.4, 0.5) is 11.4 Å². The monoisotopic (exact) mass is 506 g/mol. The molecule has 1 aliphatic rings. The minimum absolute atomic E-state index is 0.0481. The number of nitrogens with two attached hydrogens (primary N) is 1.